The zero-order chi connectivity index (χ0) is 26.5. The molecule has 4 rings (SSSR count). The van der Waals surface area contributed by atoms with E-state index in [1.54, 1.807) is 60.7 Å². The number of aryl methyl sites for hydroxylation is 2. The van der Waals surface area contributed by atoms with Crippen LogP contribution in [0.3, 0.4) is 0 Å². The molecule has 3 aromatic carbocycles. The zero-order valence-electron chi connectivity index (χ0n) is 20.3. The van der Waals surface area contributed by atoms with Crippen LogP contribution in [0.5, 0.6) is 0 Å². The van der Waals surface area contributed by atoms with Crippen LogP contribution in [-0.4, -0.2) is 21.1 Å². The molecule has 7 nitrogen and oxygen atoms in total. The van der Waals surface area contributed by atoms with E-state index < -0.39 is 26.1 Å². The van der Waals surface area contributed by atoms with E-state index >= 15 is 0 Å². The normalized spacial score (nSPS) is 12.4. The predicted molar refractivity (Wildman–Crippen MR) is 141 cm³/mol. The van der Waals surface area contributed by atoms with E-state index in [9.17, 15) is 16.8 Å². The monoisotopic (exact) mass is 534 g/mol. The van der Waals surface area contributed by atoms with Crippen LogP contribution in [0, 0.1) is 25.8 Å². The minimum atomic E-state index is -4.03. The quantitative estimate of drug-likeness (QED) is 0.260. The van der Waals surface area contributed by atoms with Gasteiger partial charge in [-0.3, -0.25) is 0 Å². The third-order valence-corrected chi connectivity index (χ3v) is 8.65. The van der Waals surface area contributed by atoms with Gasteiger partial charge < -0.3 is 4.42 Å². The van der Waals surface area contributed by atoms with Crippen molar-refractivity contribution in [1.29, 1.82) is 0 Å². The lowest BCUT2D eigenvalue weighted by Gasteiger charge is -2.19. The summed E-state index contributed by atoms with van der Waals surface area (Å²) in [6.45, 7) is 3.70. The second-order valence-corrected chi connectivity index (χ2v) is 12.0. The highest BCUT2D eigenvalue weighted by Gasteiger charge is 2.25. The lowest BCUT2D eigenvalue weighted by Crippen LogP contribution is -2.29. The highest BCUT2D eigenvalue weighted by molar-refractivity contribution is 7.89. The summed E-state index contributed by atoms with van der Waals surface area (Å²) in [5, 5.41) is 0. The van der Waals surface area contributed by atoms with Gasteiger partial charge in [0.25, 0.3) is 10.0 Å². The van der Waals surface area contributed by atoms with Gasteiger partial charge in [-0.05, 0) is 55.8 Å². The van der Waals surface area contributed by atoms with Gasteiger partial charge in [0.05, 0.1) is 22.6 Å². The molecule has 37 heavy (non-hydrogen) atoms. The lowest BCUT2D eigenvalue weighted by atomic mass is 10.2. The first-order valence-corrected chi connectivity index (χ1v) is 14.3. The topological polar surface area (TPSA) is 96.7 Å². The van der Waals surface area contributed by atoms with Crippen molar-refractivity contribution in [3.8, 4) is 12.0 Å². The summed E-state index contributed by atoms with van der Waals surface area (Å²) >= 11 is 0. The van der Waals surface area contributed by atoms with E-state index in [-0.39, 0.29) is 22.1 Å². The van der Waals surface area contributed by atoms with Crippen LogP contribution in [0.4, 0.5) is 0 Å². The van der Waals surface area contributed by atoms with Crippen molar-refractivity contribution in [3.63, 3.8) is 0 Å². The molecule has 1 atom stereocenters. The van der Waals surface area contributed by atoms with Crippen molar-refractivity contribution in [1.82, 2.24) is 9.03 Å². The number of nitrogens with zero attached hydrogens (tertiary/aromatic N) is 1. The number of hydrogen-bond donors (Lipinski definition) is 1. The molecule has 0 spiro atoms. The summed E-state index contributed by atoms with van der Waals surface area (Å²) in [6.07, 6.45) is 1.40. The van der Waals surface area contributed by atoms with Crippen molar-refractivity contribution < 1.29 is 21.3 Å². The fourth-order valence-corrected chi connectivity index (χ4v) is 5.80. The molecule has 0 fully saturated rings. The Kier molecular flexibility index (Phi) is 7.83. The SMILES string of the molecule is Cc1ccc(S(=O)(=O)NC(C#CN(Cc2ccccc2)S(=O)(=O)c2ccc(C)cc2)c2ccco2)cc1. The Bertz CT molecular complexity index is 1600. The fourth-order valence-electron chi connectivity index (χ4n) is 3.46. The molecule has 4 aromatic rings. The van der Waals surface area contributed by atoms with Crippen LogP contribution in [0.15, 0.2) is 111 Å². The molecule has 0 aliphatic rings. The predicted octanol–water partition coefficient (Wildman–Crippen LogP) is 4.77. The molecular formula is C28H26N2O5S2. The maximum absolute atomic E-state index is 13.5. The molecule has 0 bridgehead atoms. The summed E-state index contributed by atoms with van der Waals surface area (Å²) in [5.74, 6) is 3.01. The van der Waals surface area contributed by atoms with Crippen LogP contribution >= 0.6 is 0 Å². The highest BCUT2D eigenvalue weighted by Crippen LogP contribution is 2.21. The fraction of sp³-hybridized carbons (Fsp3) is 0.143. The number of rotatable bonds is 8. The van der Waals surface area contributed by atoms with E-state index in [0.717, 1.165) is 21.0 Å². The van der Waals surface area contributed by atoms with E-state index in [1.165, 1.54) is 30.5 Å². The van der Waals surface area contributed by atoms with Gasteiger partial charge in [-0.2, -0.15) is 4.72 Å². The Hall–Kier alpha value is -3.84. The maximum Gasteiger partial charge on any atom is 0.271 e. The summed E-state index contributed by atoms with van der Waals surface area (Å²) < 4.78 is 62.2. The van der Waals surface area contributed by atoms with Crippen molar-refractivity contribution in [2.45, 2.75) is 36.2 Å². The molecule has 1 aromatic heterocycles. The number of nitrogens with one attached hydrogen (secondary N) is 1. The lowest BCUT2D eigenvalue weighted by molar-refractivity contribution is 0.478. The first-order chi connectivity index (χ1) is 17.6. The van der Waals surface area contributed by atoms with E-state index in [2.05, 4.69) is 16.7 Å². The molecule has 1 unspecified atom stereocenters. The van der Waals surface area contributed by atoms with Crippen LogP contribution in [0.25, 0.3) is 0 Å². The third kappa shape index (κ3) is 6.49. The van der Waals surface area contributed by atoms with Gasteiger partial charge >= 0.3 is 0 Å². The molecule has 1 N–H and O–H groups in total. The van der Waals surface area contributed by atoms with Gasteiger partial charge in [0.2, 0.25) is 10.0 Å². The molecule has 190 valence electrons. The minimum Gasteiger partial charge on any atom is -0.467 e. The van der Waals surface area contributed by atoms with E-state index in [0.29, 0.717) is 0 Å². The highest BCUT2D eigenvalue weighted by atomic mass is 32.2. The van der Waals surface area contributed by atoms with Crippen molar-refractivity contribution >= 4 is 20.0 Å². The van der Waals surface area contributed by atoms with Crippen LogP contribution in [0.2, 0.25) is 0 Å². The average molecular weight is 535 g/mol. The second kappa shape index (κ2) is 11.0. The average Bonchev–Trinajstić information content (AvgIpc) is 3.42. The summed E-state index contributed by atoms with van der Waals surface area (Å²) in [7, 11) is -8.01. The van der Waals surface area contributed by atoms with Crippen LogP contribution < -0.4 is 4.72 Å². The smallest absolute Gasteiger partial charge is 0.271 e. The molecule has 0 aliphatic heterocycles. The van der Waals surface area contributed by atoms with Crippen LogP contribution in [-0.2, 0) is 26.6 Å². The number of furan rings is 1. The molecule has 0 saturated heterocycles. The van der Waals surface area contributed by atoms with Crippen molar-refractivity contribution in [3.05, 3.63) is 120 Å². The third-order valence-electron chi connectivity index (χ3n) is 5.54. The van der Waals surface area contributed by atoms with Gasteiger partial charge in [-0.15, -0.1) is 0 Å². The Morgan fingerprint density at radius 2 is 1.38 bits per heavy atom. The second-order valence-electron chi connectivity index (χ2n) is 8.45. The van der Waals surface area contributed by atoms with Gasteiger partial charge in [0.1, 0.15) is 11.8 Å². The molecule has 0 aliphatic carbocycles. The van der Waals surface area contributed by atoms with E-state index in [4.69, 9.17) is 4.42 Å². The zero-order valence-corrected chi connectivity index (χ0v) is 22.0. The number of sulfonamides is 2. The Balaban J connectivity index is 1.73. The molecule has 0 amide bonds. The van der Waals surface area contributed by atoms with Crippen molar-refractivity contribution in [2.75, 3.05) is 0 Å². The maximum atomic E-state index is 13.5. The van der Waals surface area contributed by atoms with Crippen LogP contribution in [0.1, 0.15) is 28.5 Å². The molecule has 1 heterocycles. The van der Waals surface area contributed by atoms with E-state index in [1.807, 2.05) is 19.9 Å². The Morgan fingerprint density at radius 3 is 1.95 bits per heavy atom. The number of hydrogen-bond acceptors (Lipinski definition) is 5. The molecule has 0 saturated carbocycles. The molecular weight excluding hydrogens is 508 g/mol. The first kappa shape index (κ1) is 26.2. The molecule has 9 heteroatoms. The molecule has 0 radical (unpaired) electrons. The largest absolute Gasteiger partial charge is 0.467 e. The van der Waals surface area contributed by atoms with Gasteiger partial charge in [-0.1, -0.05) is 71.6 Å². The van der Waals surface area contributed by atoms with Gasteiger partial charge in [0.15, 0.2) is 0 Å². The standard InChI is InChI=1S/C28H26N2O5S2/c1-22-10-14-25(15-11-22)36(31,32)29-27(28-9-6-20-35-28)18-19-30(21-24-7-4-3-5-8-24)37(33,34)26-16-12-23(2)13-17-26/h3-17,20,27,29H,21H2,1-2H3. The Labute approximate surface area is 217 Å². The summed E-state index contributed by atoms with van der Waals surface area (Å²) in [6, 6.07) is 26.6. The minimum absolute atomic E-state index is 0.0281. The summed E-state index contributed by atoms with van der Waals surface area (Å²) in [4.78, 5) is 0.142. The number of benzene rings is 3. The van der Waals surface area contributed by atoms with Gasteiger partial charge in [-0.25, -0.2) is 21.1 Å². The Morgan fingerprint density at radius 1 is 0.784 bits per heavy atom. The van der Waals surface area contributed by atoms with Gasteiger partial charge in [0, 0.05) is 6.04 Å². The summed E-state index contributed by atoms with van der Waals surface area (Å²) in [5.41, 5.74) is 2.56. The van der Waals surface area contributed by atoms with Crippen molar-refractivity contribution in [2.24, 2.45) is 0 Å². The first-order valence-electron chi connectivity index (χ1n) is 11.4.